The van der Waals surface area contributed by atoms with E-state index >= 15 is 0 Å². The Morgan fingerprint density at radius 2 is 2.00 bits per heavy atom. The Kier molecular flexibility index (Phi) is 3.39. The van der Waals surface area contributed by atoms with Gasteiger partial charge in [0.05, 0.1) is 10.5 Å². The predicted octanol–water partition coefficient (Wildman–Crippen LogP) is 2.23. The molecule has 0 spiro atoms. The Bertz CT molecular complexity index is 567. The first-order chi connectivity index (χ1) is 9.10. The quantitative estimate of drug-likeness (QED) is 0.792. The Hall–Kier alpha value is -0.870. The second kappa shape index (κ2) is 4.91. The van der Waals surface area contributed by atoms with Crippen LogP contribution in [0, 0.1) is 0 Å². The van der Waals surface area contributed by atoms with Gasteiger partial charge in [-0.3, -0.25) is 0 Å². The van der Waals surface area contributed by atoms with Crippen molar-refractivity contribution in [1.82, 2.24) is 5.32 Å². The molecule has 0 bridgehead atoms. The molecule has 4 heteroatoms. The number of hydrogen-bond acceptors (Lipinski definition) is 3. The van der Waals surface area contributed by atoms with Gasteiger partial charge in [0.1, 0.15) is 0 Å². The zero-order chi connectivity index (χ0) is 13.5. The van der Waals surface area contributed by atoms with Gasteiger partial charge in [-0.25, -0.2) is 8.42 Å². The van der Waals surface area contributed by atoms with Crippen LogP contribution in [0.4, 0.5) is 0 Å². The lowest BCUT2D eigenvalue weighted by Crippen LogP contribution is -2.36. The van der Waals surface area contributed by atoms with Crippen LogP contribution in [0.25, 0.3) is 0 Å². The van der Waals surface area contributed by atoms with Crippen LogP contribution >= 0.6 is 0 Å². The van der Waals surface area contributed by atoms with Gasteiger partial charge in [0.15, 0.2) is 9.84 Å². The molecular weight excluding hydrogens is 258 g/mol. The fourth-order valence-electron chi connectivity index (χ4n) is 3.43. The largest absolute Gasteiger partial charge is 0.309 e. The lowest BCUT2D eigenvalue weighted by atomic mass is 9.99. The Balaban J connectivity index is 2.10. The van der Waals surface area contributed by atoms with Crippen molar-refractivity contribution in [1.29, 1.82) is 0 Å². The minimum Gasteiger partial charge on any atom is -0.309 e. The van der Waals surface area contributed by atoms with Crippen LogP contribution in [0.5, 0.6) is 0 Å². The summed E-state index contributed by atoms with van der Waals surface area (Å²) in [6, 6.07) is 8.28. The number of sulfone groups is 1. The van der Waals surface area contributed by atoms with Crippen LogP contribution in [0.2, 0.25) is 0 Å². The van der Waals surface area contributed by atoms with Crippen LogP contribution in [0.15, 0.2) is 24.3 Å². The minimum atomic E-state index is -3.03. The van der Waals surface area contributed by atoms with E-state index in [0.29, 0.717) is 0 Å². The number of fused-ring (bicyclic) bond motifs is 3. The van der Waals surface area contributed by atoms with E-state index in [2.05, 4.69) is 17.4 Å². The summed E-state index contributed by atoms with van der Waals surface area (Å²) in [5.74, 6) is 0. The van der Waals surface area contributed by atoms with E-state index in [1.165, 1.54) is 11.1 Å². The maximum atomic E-state index is 12.7. The van der Waals surface area contributed by atoms with Crippen LogP contribution in [-0.4, -0.2) is 25.5 Å². The van der Waals surface area contributed by atoms with Crippen LogP contribution in [0.1, 0.15) is 43.4 Å². The van der Waals surface area contributed by atoms with Crippen LogP contribution < -0.4 is 5.32 Å². The molecule has 3 atom stereocenters. The van der Waals surface area contributed by atoms with E-state index in [1.54, 1.807) is 0 Å². The molecule has 0 amide bonds. The topological polar surface area (TPSA) is 46.2 Å². The Morgan fingerprint density at radius 1 is 1.21 bits per heavy atom. The van der Waals surface area contributed by atoms with Crippen molar-refractivity contribution < 1.29 is 8.42 Å². The zero-order valence-corrected chi connectivity index (χ0v) is 12.1. The summed E-state index contributed by atoms with van der Waals surface area (Å²) >= 11 is 0. The number of benzene rings is 1. The lowest BCUT2D eigenvalue weighted by Gasteiger charge is -2.25. The van der Waals surface area contributed by atoms with Gasteiger partial charge >= 0.3 is 0 Å². The maximum absolute atomic E-state index is 12.7. The zero-order valence-electron chi connectivity index (χ0n) is 11.3. The molecule has 1 N–H and O–H groups in total. The van der Waals surface area contributed by atoms with Crippen LogP contribution in [-0.2, 0) is 16.3 Å². The number of nitrogens with one attached hydrogen (secondary N) is 1. The first kappa shape index (κ1) is 13.1. The van der Waals surface area contributed by atoms with E-state index in [1.807, 2.05) is 19.1 Å². The summed E-state index contributed by atoms with van der Waals surface area (Å²) in [5.41, 5.74) is 2.51. The van der Waals surface area contributed by atoms with Crippen molar-refractivity contribution in [2.45, 2.75) is 49.1 Å². The van der Waals surface area contributed by atoms with Gasteiger partial charge in [-0.2, -0.15) is 0 Å². The van der Waals surface area contributed by atoms with Crippen molar-refractivity contribution in [3.8, 4) is 0 Å². The predicted molar refractivity (Wildman–Crippen MR) is 76.9 cm³/mol. The van der Waals surface area contributed by atoms with Gasteiger partial charge in [-0.05, 0) is 50.3 Å². The highest BCUT2D eigenvalue weighted by atomic mass is 32.2. The molecule has 2 aliphatic rings. The summed E-state index contributed by atoms with van der Waals surface area (Å²) in [5, 5.41) is 3.01. The number of aryl methyl sites for hydroxylation is 1. The summed E-state index contributed by atoms with van der Waals surface area (Å²) in [7, 11) is -3.03. The molecule has 1 aromatic rings. The summed E-state index contributed by atoms with van der Waals surface area (Å²) in [4.78, 5) is 0. The molecule has 3 unspecified atom stereocenters. The minimum absolute atomic E-state index is 0.0198. The molecule has 1 saturated heterocycles. The molecule has 0 saturated carbocycles. The molecule has 1 fully saturated rings. The van der Waals surface area contributed by atoms with Gasteiger partial charge in [0, 0.05) is 6.04 Å². The van der Waals surface area contributed by atoms with Gasteiger partial charge in [-0.1, -0.05) is 24.3 Å². The van der Waals surface area contributed by atoms with Gasteiger partial charge in [0.2, 0.25) is 0 Å². The molecule has 1 aliphatic heterocycles. The second-order valence-electron chi connectivity index (χ2n) is 5.75. The summed E-state index contributed by atoms with van der Waals surface area (Å²) in [6.45, 7) is 2.64. The maximum Gasteiger partial charge on any atom is 0.157 e. The number of rotatable bonds is 0. The molecule has 3 nitrogen and oxygen atoms in total. The lowest BCUT2D eigenvalue weighted by molar-refractivity contribution is 0.491. The molecule has 1 heterocycles. The average molecular weight is 279 g/mol. The number of hydrogen-bond donors (Lipinski definition) is 1. The van der Waals surface area contributed by atoms with E-state index in [-0.39, 0.29) is 16.5 Å². The van der Waals surface area contributed by atoms with E-state index < -0.39 is 9.84 Å². The van der Waals surface area contributed by atoms with E-state index in [4.69, 9.17) is 0 Å². The molecule has 104 valence electrons. The van der Waals surface area contributed by atoms with Crippen molar-refractivity contribution in [2.24, 2.45) is 0 Å². The highest BCUT2D eigenvalue weighted by Gasteiger charge is 2.41. The highest BCUT2D eigenvalue weighted by Crippen LogP contribution is 2.36. The Morgan fingerprint density at radius 3 is 2.84 bits per heavy atom. The van der Waals surface area contributed by atoms with Crippen molar-refractivity contribution >= 4 is 9.84 Å². The molecule has 1 aliphatic carbocycles. The highest BCUT2D eigenvalue weighted by molar-refractivity contribution is 7.92. The smallest absolute Gasteiger partial charge is 0.157 e. The SMILES string of the molecule is CC1CCNC2c3ccccc3CCCC2S1(=O)=O. The van der Waals surface area contributed by atoms with Gasteiger partial charge in [0.25, 0.3) is 0 Å². The third-order valence-electron chi connectivity index (χ3n) is 4.59. The van der Waals surface area contributed by atoms with Crippen LogP contribution in [0.3, 0.4) is 0 Å². The fraction of sp³-hybridized carbons (Fsp3) is 0.600. The molecule has 19 heavy (non-hydrogen) atoms. The van der Waals surface area contributed by atoms with Gasteiger partial charge in [-0.15, -0.1) is 0 Å². The normalized spacial score (nSPS) is 33.6. The fourth-order valence-corrected chi connectivity index (χ4v) is 5.59. The first-order valence-corrected chi connectivity index (χ1v) is 8.75. The molecule has 0 aromatic heterocycles. The van der Waals surface area contributed by atoms with Gasteiger partial charge < -0.3 is 5.32 Å². The standard InChI is InChI=1S/C15H21NO2S/c1-11-9-10-16-15-13-7-3-2-5-12(13)6-4-8-14(15)19(11,17)18/h2-3,5,7,11,14-16H,4,6,8-10H2,1H3. The molecular formula is C15H21NO2S. The molecule has 3 rings (SSSR count). The van der Waals surface area contributed by atoms with E-state index in [0.717, 1.165) is 32.2 Å². The summed E-state index contributed by atoms with van der Waals surface area (Å²) in [6.07, 6.45) is 3.46. The monoisotopic (exact) mass is 279 g/mol. The van der Waals surface area contributed by atoms with E-state index in [9.17, 15) is 8.42 Å². The molecule has 0 radical (unpaired) electrons. The average Bonchev–Trinajstić information content (AvgIpc) is 2.64. The third-order valence-corrected chi connectivity index (χ3v) is 7.30. The Labute approximate surface area is 115 Å². The van der Waals surface area contributed by atoms with Crippen molar-refractivity contribution in [3.05, 3.63) is 35.4 Å². The third kappa shape index (κ3) is 2.21. The summed E-state index contributed by atoms with van der Waals surface area (Å²) < 4.78 is 25.4. The molecule has 1 aromatic carbocycles. The van der Waals surface area contributed by atoms with Crippen molar-refractivity contribution in [3.63, 3.8) is 0 Å². The first-order valence-electron chi connectivity index (χ1n) is 7.14. The second-order valence-corrected chi connectivity index (χ2v) is 8.34. The van der Waals surface area contributed by atoms with Crippen molar-refractivity contribution in [2.75, 3.05) is 6.54 Å².